The quantitative estimate of drug-likeness (QED) is 0.266. The molecular formula is C17H26ClIN6. The minimum absolute atomic E-state index is 0. The zero-order valence-electron chi connectivity index (χ0n) is 14.7. The summed E-state index contributed by atoms with van der Waals surface area (Å²) in [6.45, 7) is 7.48. The molecule has 0 aromatic carbocycles. The molecule has 0 spiro atoms. The van der Waals surface area contributed by atoms with Crippen molar-refractivity contribution in [1.29, 1.82) is 0 Å². The van der Waals surface area contributed by atoms with E-state index in [9.17, 15) is 0 Å². The highest BCUT2D eigenvalue weighted by atomic mass is 127. The summed E-state index contributed by atoms with van der Waals surface area (Å²) in [5.41, 5.74) is 1.15. The molecule has 8 heteroatoms. The molecule has 2 rings (SSSR count). The maximum absolute atomic E-state index is 5.80. The fourth-order valence-electron chi connectivity index (χ4n) is 2.25. The largest absolute Gasteiger partial charge is 0.357 e. The number of rotatable bonds is 8. The van der Waals surface area contributed by atoms with Crippen LogP contribution in [-0.4, -0.2) is 40.4 Å². The maximum Gasteiger partial charge on any atom is 0.191 e. The summed E-state index contributed by atoms with van der Waals surface area (Å²) in [6, 6.07) is 5.74. The van der Waals surface area contributed by atoms with Crippen LogP contribution in [0.1, 0.15) is 19.4 Å². The molecule has 2 heterocycles. The number of hydrogen-bond acceptors (Lipinski definition) is 3. The smallest absolute Gasteiger partial charge is 0.191 e. The first kappa shape index (κ1) is 21.7. The lowest BCUT2D eigenvalue weighted by Crippen LogP contribution is -2.38. The van der Waals surface area contributed by atoms with Gasteiger partial charge in [0.2, 0.25) is 0 Å². The number of hydrogen-bond donors (Lipinski definition) is 2. The lowest BCUT2D eigenvalue weighted by molar-refractivity contribution is 0.458. The van der Waals surface area contributed by atoms with E-state index in [4.69, 9.17) is 11.6 Å². The molecule has 0 radical (unpaired) electrons. The van der Waals surface area contributed by atoms with Gasteiger partial charge in [-0.05, 0) is 37.0 Å². The van der Waals surface area contributed by atoms with E-state index in [1.165, 1.54) is 0 Å². The average molecular weight is 477 g/mol. The summed E-state index contributed by atoms with van der Waals surface area (Å²) in [7, 11) is 0. The molecule has 0 aliphatic carbocycles. The highest BCUT2D eigenvalue weighted by molar-refractivity contribution is 14.0. The Bertz CT molecular complexity index is 615. The van der Waals surface area contributed by atoms with Gasteiger partial charge in [0.15, 0.2) is 5.96 Å². The van der Waals surface area contributed by atoms with Crippen LogP contribution in [0.2, 0.25) is 5.15 Å². The van der Waals surface area contributed by atoms with Crippen molar-refractivity contribution >= 4 is 41.5 Å². The molecule has 2 aromatic rings. The Labute approximate surface area is 171 Å². The third kappa shape index (κ3) is 8.53. The fourth-order valence-corrected chi connectivity index (χ4v) is 2.37. The molecule has 6 nitrogen and oxygen atoms in total. The van der Waals surface area contributed by atoms with Crippen LogP contribution in [-0.2, 0) is 13.0 Å². The number of nitrogens with one attached hydrogen (secondary N) is 2. The molecule has 0 aliphatic rings. The van der Waals surface area contributed by atoms with Gasteiger partial charge in [0.05, 0.1) is 0 Å². The summed E-state index contributed by atoms with van der Waals surface area (Å²) in [4.78, 5) is 8.75. The Morgan fingerprint density at radius 1 is 1.36 bits per heavy atom. The van der Waals surface area contributed by atoms with Gasteiger partial charge in [0.25, 0.3) is 0 Å². The molecule has 138 valence electrons. The van der Waals surface area contributed by atoms with Gasteiger partial charge >= 0.3 is 0 Å². The van der Waals surface area contributed by atoms with E-state index >= 15 is 0 Å². The topological polar surface area (TPSA) is 67.1 Å². The van der Waals surface area contributed by atoms with Crippen LogP contribution in [0, 0.1) is 5.92 Å². The number of aromatic nitrogens is 3. The highest BCUT2D eigenvalue weighted by Crippen LogP contribution is 2.05. The average Bonchev–Trinajstić information content (AvgIpc) is 3.07. The van der Waals surface area contributed by atoms with Crippen LogP contribution in [0.4, 0.5) is 0 Å². The number of pyridine rings is 1. The lowest BCUT2D eigenvalue weighted by atomic mass is 10.2. The summed E-state index contributed by atoms with van der Waals surface area (Å²) >= 11 is 5.80. The minimum atomic E-state index is 0. The van der Waals surface area contributed by atoms with E-state index in [1.54, 1.807) is 12.4 Å². The van der Waals surface area contributed by atoms with Crippen molar-refractivity contribution in [3.05, 3.63) is 47.5 Å². The van der Waals surface area contributed by atoms with E-state index in [0.717, 1.165) is 44.1 Å². The first-order chi connectivity index (χ1) is 11.7. The monoisotopic (exact) mass is 476 g/mol. The maximum atomic E-state index is 5.80. The Morgan fingerprint density at radius 3 is 2.84 bits per heavy atom. The van der Waals surface area contributed by atoms with E-state index in [0.29, 0.717) is 11.1 Å². The van der Waals surface area contributed by atoms with Crippen molar-refractivity contribution in [1.82, 2.24) is 25.4 Å². The summed E-state index contributed by atoms with van der Waals surface area (Å²) in [5.74, 6) is 1.26. The summed E-state index contributed by atoms with van der Waals surface area (Å²) in [6.07, 6.45) is 6.45. The van der Waals surface area contributed by atoms with Gasteiger partial charge in [-0.25, -0.2) is 4.98 Å². The number of halogens is 2. The predicted molar refractivity (Wildman–Crippen MR) is 114 cm³/mol. The first-order valence-corrected chi connectivity index (χ1v) is 8.65. The minimum Gasteiger partial charge on any atom is -0.357 e. The van der Waals surface area contributed by atoms with Gasteiger partial charge < -0.3 is 10.6 Å². The second-order valence-electron chi connectivity index (χ2n) is 5.72. The second-order valence-corrected chi connectivity index (χ2v) is 6.11. The van der Waals surface area contributed by atoms with Gasteiger partial charge in [0.1, 0.15) is 5.15 Å². The standard InChI is InChI=1S/C17H25ClN6.HI/c1-3-19-17(20-9-7-15-5-6-16(18)21-12-15)22-11-14(2)13-24-10-4-8-23-24;/h4-6,8,10,12,14H,3,7,9,11,13H2,1-2H3,(H2,19,20,22);1H. The van der Waals surface area contributed by atoms with Gasteiger partial charge in [-0.15, -0.1) is 24.0 Å². The van der Waals surface area contributed by atoms with Crippen molar-refractivity contribution in [2.45, 2.75) is 26.8 Å². The molecule has 1 atom stereocenters. The third-order valence-electron chi connectivity index (χ3n) is 3.46. The van der Waals surface area contributed by atoms with Gasteiger partial charge in [-0.3, -0.25) is 9.67 Å². The molecule has 25 heavy (non-hydrogen) atoms. The van der Waals surface area contributed by atoms with Crippen molar-refractivity contribution in [3.63, 3.8) is 0 Å². The van der Waals surface area contributed by atoms with Crippen LogP contribution in [0.25, 0.3) is 0 Å². The molecular weight excluding hydrogens is 451 g/mol. The SMILES string of the molecule is CCNC(=NCC(C)Cn1cccn1)NCCc1ccc(Cl)nc1.I. The van der Waals surface area contributed by atoms with Crippen LogP contribution in [0.5, 0.6) is 0 Å². The fraction of sp³-hybridized carbons (Fsp3) is 0.471. The van der Waals surface area contributed by atoms with E-state index in [-0.39, 0.29) is 24.0 Å². The molecule has 0 saturated carbocycles. The van der Waals surface area contributed by atoms with Gasteiger partial charge in [-0.2, -0.15) is 5.10 Å². The van der Waals surface area contributed by atoms with Crippen molar-refractivity contribution in [3.8, 4) is 0 Å². The molecule has 0 bridgehead atoms. The van der Waals surface area contributed by atoms with Gasteiger partial charge in [-0.1, -0.05) is 24.6 Å². The van der Waals surface area contributed by atoms with Crippen LogP contribution >= 0.6 is 35.6 Å². The van der Waals surface area contributed by atoms with Crippen LogP contribution in [0.15, 0.2) is 41.8 Å². The second kappa shape index (κ2) is 12.1. The first-order valence-electron chi connectivity index (χ1n) is 8.27. The van der Waals surface area contributed by atoms with Gasteiger partial charge in [0, 0.05) is 44.8 Å². The summed E-state index contributed by atoms with van der Waals surface area (Å²) in [5, 5.41) is 11.4. The molecule has 0 fully saturated rings. The molecule has 0 saturated heterocycles. The Morgan fingerprint density at radius 2 is 2.20 bits per heavy atom. The molecule has 0 amide bonds. The number of guanidine groups is 1. The zero-order valence-corrected chi connectivity index (χ0v) is 17.7. The van der Waals surface area contributed by atoms with Crippen molar-refractivity contribution in [2.75, 3.05) is 19.6 Å². The van der Waals surface area contributed by atoms with E-state index < -0.39 is 0 Å². The van der Waals surface area contributed by atoms with Crippen LogP contribution in [0.3, 0.4) is 0 Å². The number of aliphatic imine (C=N–C) groups is 1. The zero-order chi connectivity index (χ0) is 17.2. The lowest BCUT2D eigenvalue weighted by Gasteiger charge is -2.13. The Kier molecular flexibility index (Phi) is 10.5. The van der Waals surface area contributed by atoms with Crippen molar-refractivity contribution in [2.24, 2.45) is 10.9 Å². The van der Waals surface area contributed by atoms with E-state index in [2.05, 4.69) is 39.6 Å². The third-order valence-corrected chi connectivity index (χ3v) is 3.68. The number of nitrogens with zero attached hydrogens (tertiary/aromatic N) is 4. The molecule has 0 aliphatic heterocycles. The van der Waals surface area contributed by atoms with Crippen molar-refractivity contribution < 1.29 is 0 Å². The normalized spacial score (nSPS) is 12.4. The van der Waals surface area contributed by atoms with Crippen LogP contribution < -0.4 is 10.6 Å². The molecule has 2 aromatic heterocycles. The van der Waals surface area contributed by atoms with E-state index in [1.807, 2.05) is 29.1 Å². The highest BCUT2D eigenvalue weighted by Gasteiger charge is 2.04. The Balaban J connectivity index is 0.00000312. The summed E-state index contributed by atoms with van der Waals surface area (Å²) < 4.78 is 1.94. The predicted octanol–water partition coefficient (Wildman–Crippen LogP) is 2.98. The molecule has 1 unspecified atom stereocenters. The Hall–Kier alpha value is -1.35. The molecule has 2 N–H and O–H groups in total.